The van der Waals surface area contributed by atoms with Gasteiger partial charge in [0.1, 0.15) is 0 Å². The molecule has 0 fully saturated rings. The Balaban J connectivity index is 1.64. The molecule has 3 heteroatoms. The number of rotatable bonds is 3. The van der Waals surface area contributed by atoms with Crippen molar-refractivity contribution >= 4 is 22.7 Å². The van der Waals surface area contributed by atoms with Gasteiger partial charge in [0.25, 0.3) is 0 Å². The first-order valence-corrected chi connectivity index (χ1v) is 8.24. The molecule has 0 radical (unpaired) electrons. The van der Waals surface area contributed by atoms with Gasteiger partial charge in [0.05, 0.1) is 0 Å². The van der Waals surface area contributed by atoms with Crippen molar-refractivity contribution in [3.63, 3.8) is 0 Å². The van der Waals surface area contributed by atoms with Crippen molar-refractivity contribution in [2.24, 2.45) is 5.73 Å². The second kappa shape index (κ2) is 5.24. The molecule has 106 valence electrons. The highest BCUT2D eigenvalue weighted by Crippen LogP contribution is 2.38. The van der Waals surface area contributed by atoms with E-state index in [2.05, 4.69) is 59.3 Å². The fourth-order valence-electron chi connectivity index (χ4n) is 3.21. The van der Waals surface area contributed by atoms with Crippen LogP contribution in [-0.4, -0.2) is 9.82 Å². The second-order valence-electron chi connectivity index (χ2n) is 5.58. The van der Waals surface area contributed by atoms with E-state index < -0.39 is 0 Å². The predicted octanol–water partition coefficient (Wildman–Crippen LogP) is 3.82. The smallest absolute Gasteiger partial charge is 0.0484 e. The number of para-hydroxylation sites is 1. The molecule has 0 saturated heterocycles. The van der Waals surface area contributed by atoms with Crippen LogP contribution < -0.4 is 5.73 Å². The van der Waals surface area contributed by atoms with Gasteiger partial charge in [0, 0.05) is 40.3 Å². The topological polar surface area (TPSA) is 30.9 Å². The van der Waals surface area contributed by atoms with Crippen molar-refractivity contribution in [2.45, 2.75) is 29.7 Å². The van der Waals surface area contributed by atoms with Gasteiger partial charge in [-0.05, 0) is 29.7 Å². The largest absolute Gasteiger partial charge is 0.346 e. The highest BCUT2D eigenvalue weighted by Gasteiger charge is 2.22. The molecule has 4 rings (SSSR count). The minimum atomic E-state index is 0.603. The van der Waals surface area contributed by atoms with Crippen LogP contribution in [0.4, 0.5) is 0 Å². The van der Waals surface area contributed by atoms with Gasteiger partial charge in [-0.25, -0.2) is 0 Å². The summed E-state index contributed by atoms with van der Waals surface area (Å²) in [7, 11) is 0. The molecule has 21 heavy (non-hydrogen) atoms. The summed E-state index contributed by atoms with van der Waals surface area (Å²) < 4.78 is 2.38. The molecule has 1 aliphatic heterocycles. The molecule has 0 aliphatic carbocycles. The predicted molar refractivity (Wildman–Crippen MR) is 89.6 cm³/mol. The van der Waals surface area contributed by atoms with Crippen molar-refractivity contribution in [2.75, 3.05) is 0 Å². The normalized spacial score (nSPS) is 17.3. The minimum absolute atomic E-state index is 0.603. The van der Waals surface area contributed by atoms with Crippen LogP contribution in [0.15, 0.2) is 59.6 Å². The highest BCUT2D eigenvalue weighted by atomic mass is 32.2. The first-order valence-electron chi connectivity index (χ1n) is 7.36. The van der Waals surface area contributed by atoms with E-state index in [9.17, 15) is 0 Å². The number of nitrogens with zero attached hydrogens (tertiary/aromatic N) is 1. The fraction of sp³-hybridized carbons (Fsp3) is 0.222. The first kappa shape index (κ1) is 13.0. The number of hydrogen-bond acceptors (Lipinski definition) is 2. The summed E-state index contributed by atoms with van der Waals surface area (Å²) in [5, 5.41) is 1.91. The molecule has 1 atom stereocenters. The Morgan fingerprint density at radius 1 is 1.10 bits per heavy atom. The monoisotopic (exact) mass is 294 g/mol. The van der Waals surface area contributed by atoms with Gasteiger partial charge in [-0.2, -0.15) is 0 Å². The molecule has 3 aromatic rings. The van der Waals surface area contributed by atoms with E-state index in [1.807, 2.05) is 11.8 Å². The van der Waals surface area contributed by atoms with Crippen molar-refractivity contribution < 1.29 is 0 Å². The molecule has 0 bridgehead atoms. The third-order valence-electron chi connectivity index (χ3n) is 4.21. The van der Waals surface area contributed by atoms with E-state index in [4.69, 9.17) is 5.73 Å². The van der Waals surface area contributed by atoms with Gasteiger partial charge >= 0.3 is 0 Å². The summed E-state index contributed by atoms with van der Waals surface area (Å²) in [5.41, 5.74) is 9.92. The zero-order valence-electron chi connectivity index (χ0n) is 11.8. The zero-order chi connectivity index (χ0) is 14.2. The van der Waals surface area contributed by atoms with Crippen molar-refractivity contribution in [1.82, 2.24) is 4.57 Å². The van der Waals surface area contributed by atoms with Crippen molar-refractivity contribution in [3.05, 3.63) is 65.9 Å². The third-order valence-corrected chi connectivity index (χ3v) is 5.51. The van der Waals surface area contributed by atoms with E-state index in [-0.39, 0.29) is 0 Å². The van der Waals surface area contributed by atoms with Crippen LogP contribution in [0.2, 0.25) is 0 Å². The molecular weight excluding hydrogens is 276 g/mol. The van der Waals surface area contributed by atoms with Crippen molar-refractivity contribution in [3.8, 4) is 0 Å². The van der Waals surface area contributed by atoms with Crippen LogP contribution >= 0.6 is 11.8 Å². The summed E-state index contributed by atoms with van der Waals surface area (Å²) in [6.45, 7) is 1.64. The van der Waals surface area contributed by atoms with E-state index in [1.54, 1.807) is 0 Å². The maximum absolute atomic E-state index is 5.89. The average molecular weight is 294 g/mol. The van der Waals surface area contributed by atoms with Crippen LogP contribution in [0.25, 0.3) is 10.9 Å². The summed E-state index contributed by atoms with van der Waals surface area (Å²) >= 11 is 2.00. The second-order valence-corrected chi connectivity index (χ2v) is 6.92. The van der Waals surface area contributed by atoms with Gasteiger partial charge in [0.15, 0.2) is 0 Å². The Morgan fingerprint density at radius 3 is 2.76 bits per heavy atom. The van der Waals surface area contributed by atoms with E-state index in [0.29, 0.717) is 11.8 Å². The number of nitrogens with two attached hydrogens (primary N) is 1. The quantitative estimate of drug-likeness (QED) is 0.796. The molecule has 2 aromatic carbocycles. The van der Waals surface area contributed by atoms with Gasteiger partial charge in [0.2, 0.25) is 0 Å². The Morgan fingerprint density at radius 2 is 1.90 bits per heavy atom. The van der Waals surface area contributed by atoms with Crippen LogP contribution in [0.5, 0.6) is 0 Å². The molecule has 2 nitrogen and oxygen atoms in total. The first-order chi connectivity index (χ1) is 10.3. The molecular formula is C18H18N2S. The molecule has 0 amide bonds. The Hall–Kier alpha value is -1.71. The van der Waals surface area contributed by atoms with Gasteiger partial charge < -0.3 is 10.3 Å². The number of hydrogen-bond donors (Lipinski definition) is 1. The Kier molecular flexibility index (Phi) is 3.24. The number of thioether (sulfide) groups is 1. The summed E-state index contributed by atoms with van der Waals surface area (Å²) in [4.78, 5) is 1.44. The van der Waals surface area contributed by atoms with Gasteiger partial charge in [-0.1, -0.05) is 36.4 Å². The molecule has 2 heterocycles. The van der Waals surface area contributed by atoms with E-state index >= 15 is 0 Å². The van der Waals surface area contributed by atoms with Crippen LogP contribution in [-0.2, 0) is 19.5 Å². The number of benzene rings is 2. The van der Waals surface area contributed by atoms with E-state index in [1.165, 1.54) is 26.9 Å². The van der Waals surface area contributed by atoms with Crippen LogP contribution in [0.1, 0.15) is 11.1 Å². The highest BCUT2D eigenvalue weighted by molar-refractivity contribution is 8.00. The summed E-state index contributed by atoms with van der Waals surface area (Å²) in [6.07, 6.45) is 3.39. The minimum Gasteiger partial charge on any atom is -0.346 e. The van der Waals surface area contributed by atoms with Crippen LogP contribution in [0, 0.1) is 0 Å². The summed E-state index contributed by atoms with van der Waals surface area (Å²) in [5.74, 6) is 0. The molecule has 0 saturated carbocycles. The van der Waals surface area contributed by atoms with Gasteiger partial charge in [-0.15, -0.1) is 11.8 Å². The van der Waals surface area contributed by atoms with Crippen LogP contribution in [0.3, 0.4) is 0 Å². The molecule has 0 spiro atoms. The van der Waals surface area contributed by atoms with Crippen molar-refractivity contribution in [1.29, 1.82) is 0 Å². The summed E-state index contributed by atoms with van der Waals surface area (Å²) in [6, 6.07) is 17.3. The maximum atomic E-state index is 5.89. The number of aromatic nitrogens is 1. The molecule has 1 unspecified atom stereocenters. The molecule has 1 aromatic heterocycles. The lowest BCUT2D eigenvalue weighted by Crippen LogP contribution is -2.11. The lowest BCUT2D eigenvalue weighted by molar-refractivity contribution is 0.683. The fourth-order valence-corrected chi connectivity index (χ4v) is 4.53. The molecule has 1 aliphatic rings. The zero-order valence-corrected chi connectivity index (χ0v) is 12.6. The lowest BCUT2D eigenvalue weighted by Gasteiger charge is -2.11. The lowest BCUT2D eigenvalue weighted by atomic mass is 10.1. The Labute approximate surface area is 129 Å². The third kappa shape index (κ3) is 2.27. The standard InChI is InChI=1S/C18H18N2S/c19-10-14-11-20(17-7-3-2-6-16(14)17)12-15-9-13-5-1-4-8-18(13)21-15/h1-8,11,15H,9-10,12,19H2. The SMILES string of the molecule is NCc1cn(CC2Cc3ccccc3S2)c2ccccc12. The van der Waals surface area contributed by atoms with E-state index in [0.717, 1.165) is 13.0 Å². The Bertz CT molecular complexity index is 766. The average Bonchev–Trinajstić information content (AvgIpc) is 3.08. The maximum Gasteiger partial charge on any atom is 0.0484 e. The van der Waals surface area contributed by atoms with Gasteiger partial charge in [-0.3, -0.25) is 0 Å². The number of fused-ring (bicyclic) bond motifs is 2. The molecule has 2 N–H and O–H groups in total.